The quantitative estimate of drug-likeness (QED) is 0.325. The summed E-state index contributed by atoms with van der Waals surface area (Å²) in [5.41, 5.74) is 9.83. The summed E-state index contributed by atoms with van der Waals surface area (Å²) < 4.78 is 6.44. The first-order valence-corrected chi connectivity index (χ1v) is 11.3. The number of primary amides is 1. The fourth-order valence-electron chi connectivity index (χ4n) is 4.41. The van der Waals surface area contributed by atoms with E-state index in [1.165, 1.54) is 0 Å². The van der Waals surface area contributed by atoms with E-state index in [1.807, 2.05) is 63.2 Å². The zero-order valence-corrected chi connectivity index (χ0v) is 20.9. The maximum Gasteiger partial charge on any atom is 0.249 e. The molecule has 4 nitrogen and oxygen atoms in total. The van der Waals surface area contributed by atoms with Gasteiger partial charge in [0.05, 0.1) is 5.39 Å². The van der Waals surface area contributed by atoms with E-state index in [0.29, 0.717) is 39.3 Å². The van der Waals surface area contributed by atoms with Crippen molar-refractivity contribution in [3.05, 3.63) is 116 Å². The number of rotatable bonds is 6. The number of nitrogens with two attached hydrogens (primary N) is 1. The Bertz CT molecular complexity index is 1390. The average Bonchev–Trinajstić information content (AvgIpc) is 2.76. The van der Waals surface area contributed by atoms with Crippen molar-refractivity contribution in [2.75, 3.05) is 0 Å². The van der Waals surface area contributed by atoms with Crippen LogP contribution in [-0.2, 0) is 6.42 Å². The third-order valence-corrected chi connectivity index (χ3v) is 6.20. The van der Waals surface area contributed by atoms with E-state index in [0.717, 1.165) is 16.7 Å². The van der Waals surface area contributed by atoms with Crippen molar-refractivity contribution in [1.29, 1.82) is 0 Å². The van der Waals surface area contributed by atoms with Gasteiger partial charge in [0.25, 0.3) is 0 Å². The van der Waals surface area contributed by atoms with E-state index in [1.54, 1.807) is 24.3 Å². The van der Waals surface area contributed by atoms with Gasteiger partial charge in [0.15, 0.2) is 5.43 Å². The molecule has 0 radical (unpaired) electrons. The molecule has 1 aromatic heterocycles. The molecular formula is C28H27Cl2NO3. The number of carbonyl (C=O) groups is 1. The minimum Gasteiger partial charge on any atom is -0.460 e. The van der Waals surface area contributed by atoms with Crippen molar-refractivity contribution < 1.29 is 9.21 Å². The molecule has 1 heterocycles. The summed E-state index contributed by atoms with van der Waals surface area (Å²) in [7, 11) is 0. The van der Waals surface area contributed by atoms with Gasteiger partial charge in [-0.2, -0.15) is 0 Å². The van der Waals surface area contributed by atoms with Crippen molar-refractivity contribution in [2.24, 2.45) is 11.7 Å². The van der Waals surface area contributed by atoms with E-state index in [2.05, 4.69) is 0 Å². The SMILES string of the molecule is Cc1ccc(C(N)=O)c([C@H](c2oc3cc(Cl)ccc3c(=O)c2Cc2ccccc2)C(C)C)c1.Cl. The number of fused-ring (bicyclic) bond motifs is 1. The highest BCUT2D eigenvalue weighted by molar-refractivity contribution is 6.31. The Hall–Kier alpha value is -3.08. The van der Waals surface area contributed by atoms with Gasteiger partial charge in [-0.3, -0.25) is 9.59 Å². The third-order valence-electron chi connectivity index (χ3n) is 5.96. The summed E-state index contributed by atoms with van der Waals surface area (Å²) in [6.07, 6.45) is 0.415. The summed E-state index contributed by atoms with van der Waals surface area (Å²) in [5.74, 6) is -0.283. The third kappa shape index (κ3) is 5.03. The molecule has 0 bridgehead atoms. The normalized spacial score (nSPS) is 11.9. The molecule has 1 amide bonds. The summed E-state index contributed by atoms with van der Waals surface area (Å²) in [4.78, 5) is 26.0. The number of hydrogen-bond acceptors (Lipinski definition) is 3. The molecule has 34 heavy (non-hydrogen) atoms. The second-order valence-corrected chi connectivity index (χ2v) is 9.19. The first kappa shape index (κ1) is 25.5. The van der Waals surface area contributed by atoms with Crippen LogP contribution in [0.1, 0.15) is 58.1 Å². The molecule has 3 aromatic carbocycles. The lowest BCUT2D eigenvalue weighted by atomic mass is 9.80. The number of carbonyl (C=O) groups excluding carboxylic acids is 1. The Morgan fingerprint density at radius 2 is 1.74 bits per heavy atom. The molecule has 4 aromatic rings. The van der Waals surface area contributed by atoms with Crippen molar-refractivity contribution in [1.82, 2.24) is 0 Å². The van der Waals surface area contributed by atoms with Crippen molar-refractivity contribution in [3.8, 4) is 0 Å². The standard InChI is InChI=1S/C28H26ClNO3.ClH/c1-16(2)25(22-13-17(3)9-11-20(22)28(30)32)27-23(14-18-7-5-4-6-8-18)26(31)21-12-10-19(29)15-24(21)33-27;/h4-13,15-16,25H,14H2,1-3H3,(H2,30,32);1H/t25-;/m1./s1. The van der Waals surface area contributed by atoms with Crippen LogP contribution in [0.3, 0.4) is 0 Å². The van der Waals surface area contributed by atoms with E-state index in [9.17, 15) is 9.59 Å². The van der Waals surface area contributed by atoms with Gasteiger partial charge in [-0.05, 0) is 42.2 Å². The molecule has 0 saturated heterocycles. The first-order chi connectivity index (χ1) is 15.8. The average molecular weight is 496 g/mol. The van der Waals surface area contributed by atoms with Crippen molar-refractivity contribution in [3.63, 3.8) is 0 Å². The van der Waals surface area contributed by atoms with Crippen LogP contribution in [-0.4, -0.2) is 5.91 Å². The zero-order chi connectivity index (χ0) is 23.7. The van der Waals surface area contributed by atoms with Gasteiger partial charge in [-0.1, -0.05) is 73.5 Å². The number of benzene rings is 3. The molecule has 176 valence electrons. The molecule has 2 N–H and O–H groups in total. The van der Waals surface area contributed by atoms with Gasteiger partial charge in [0.2, 0.25) is 5.91 Å². The van der Waals surface area contributed by atoms with Gasteiger partial charge >= 0.3 is 0 Å². The minimum absolute atomic E-state index is 0. The maximum atomic E-state index is 13.7. The second-order valence-electron chi connectivity index (χ2n) is 8.75. The number of aryl methyl sites for hydroxylation is 1. The molecule has 4 rings (SSSR count). The number of hydrogen-bond donors (Lipinski definition) is 1. The predicted molar refractivity (Wildman–Crippen MR) is 140 cm³/mol. The van der Waals surface area contributed by atoms with Gasteiger partial charge in [-0.25, -0.2) is 0 Å². The molecule has 0 aliphatic heterocycles. The number of halogens is 2. The summed E-state index contributed by atoms with van der Waals surface area (Å²) in [6, 6.07) is 20.4. The highest BCUT2D eigenvalue weighted by atomic mass is 35.5. The lowest BCUT2D eigenvalue weighted by Crippen LogP contribution is -2.22. The van der Waals surface area contributed by atoms with Crippen LogP contribution in [0.4, 0.5) is 0 Å². The van der Waals surface area contributed by atoms with Gasteiger partial charge < -0.3 is 10.2 Å². The Labute approximate surface area is 210 Å². The van der Waals surface area contributed by atoms with Crippen LogP contribution in [0.2, 0.25) is 5.02 Å². The van der Waals surface area contributed by atoms with Crippen molar-refractivity contribution >= 4 is 40.9 Å². The second kappa shape index (κ2) is 10.5. The zero-order valence-electron chi connectivity index (χ0n) is 19.3. The predicted octanol–water partition coefficient (Wildman–Crippen LogP) is 6.65. The molecule has 6 heteroatoms. The molecule has 1 atom stereocenters. The summed E-state index contributed by atoms with van der Waals surface area (Å²) in [6.45, 7) is 6.06. The molecule has 0 unspecified atom stereocenters. The molecule has 0 saturated carbocycles. The van der Waals surface area contributed by atoms with Crippen LogP contribution in [0.15, 0.2) is 75.9 Å². The summed E-state index contributed by atoms with van der Waals surface area (Å²) >= 11 is 6.22. The Morgan fingerprint density at radius 1 is 1.03 bits per heavy atom. The van der Waals surface area contributed by atoms with Gasteiger partial charge in [0, 0.05) is 34.6 Å². The lowest BCUT2D eigenvalue weighted by molar-refractivity contribution is 0.0999. The van der Waals surface area contributed by atoms with Crippen LogP contribution >= 0.6 is 24.0 Å². The molecule has 0 fully saturated rings. The van der Waals surface area contributed by atoms with Crippen LogP contribution < -0.4 is 11.2 Å². The molecular weight excluding hydrogens is 469 g/mol. The van der Waals surface area contributed by atoms with Gasteiger partial charge in [-0.15, -0.1) is 12.4 Å². The minimum atomic E-state index is -0.508. The van der Waals surface area contributed by atoms with E-state index in [-0.39, 0.29) is 29.7 Å². The largest absolute Gasteiger partial charge is 0.460 e. The maximum absolute atomic E-state index is 13.7. The highest BCUT2D eigenvalue weighted by Crippen LogP contribution is 2.38. The molecule has 0 aliphatic carbocycles. The fraction of sp³-hybridized carbons (Fsp3) is 0.214. The smallest absolute Gasteiger partial charge is 0.249 e. The fourth-order valence-corrected chi connectivity index (χ4v) is 4.57. The van der Waals surface area contributed by atoms with Crippen molar-refractivity contribution in [2.45, 2.75) is 33.1 Å². The first-order valence-electron chi connectivity index (χ1n) is 11.0. The Morgan fingerprint density at radius 3 is 2.38 bits per heavy atom. The monoisotopic (exact) mass is 495 g/mol. The van der Waals surface area contributed by atoms with Crippen LogP contribution in [0, 0.1) is 12.8 Å². The van der Waals surface area contributed by atoms with Gasteiger partial charge in [0.1, 0.15) is 11.3 Å². The summed E-state index contributed by atoms with van der Waals surface area (Å²) in [5, 5.41) is 0.970. The lowest BCUT2D eigenvalue weighted by Gasteiger charge is -2.25. The highest BCUT2D eigenvalue weighted by Gasteiger charge is 2.30. The van der Waals surface area contributed by atoms with E-state index in [4.69, 9.17) is 21.8 Å². The Kier molecular flexibility index (Phi) is 7.86. The van der Waals surface area contributed by atoms with Crippen LogP contribution in [0.5, 0.6) is 0 Å². The number of amides is 1. The van der Waals surface area contributed by atoms with E-state index < -0.39 is 5.91 Å². The van der Waals surface area contributed by atoms with E-state index >= 15 is 0 Å². The van der Waals surface area contributed by atoms with Crippen LogP contribution in [0.25, 0.3) is 11.0 Å². The molecule has 0 spiro atoms. The Balaban J connectivity index is 0.00000324. The topological polar surface area (TPSA) is 73.3 Å². The molecule has 0 aliphatic rings.